The summed E-state index contributed by atoms with van der Waals surface area (Å²) < 4.78 is 4.88. The summed E-state index contributed by atoms with van der Waals surface area (Å²) in [7, 11) is 1.75. The van der Waals surface area contributed by atoms with Crippen LogP contribution in [-0.2, 0) is 9.53 Å². The Morgan fingerprint density at radius 3 is 2.89 bits per heavy atom. The van der Waals surface area contributed by atoms with Crippen LogP contribution in [0.15, 0.2) is 6.33 Å². The van der Waals surface area contributed by atoms with Crippen molar-refractivity contribution in [1.82, 2.24) is 9.97 Å². The number of rotatable bonds is 7. The number of carbonyl (C=O) groups is 1. The van der Waals surface area contributed by atoms with Gasteiger partial charge in [-0.05, 0) is 20.3 Å². The molecule has 19 heavy (non-hydrogen) atoms. The van der Waals surface area contributed by atoms with Crippen LogP contribution in [0.4, 0.5) is 11.5 Å². The number of hydrogen-bond acceptors (Lipinski definition) is 6. The van der Waals surface area contributed by atoms with Gasteiger partial charge in [-0.25, -0.2) is 9.97 Å². The predicted octanol–water partition coefficient (Wildman–Crippen LogP) is 2.32. The summed E-state index contributed by atoms with van der Waals surface area (Å²) in [5.41, 5.74) is 0.646. The normalized spacial score (nSPS) is 11.8. The van der Waals surface area contributed by atoms with Crippen molar-refractivity contribution in [3.63, 3.8) is 0 Å². The van der Waals surface area contributed by atoms with Crippen LogP contribution in [0.5, 0.6) is 0 Å². The molecule has 0 fully saturated rings. The Balaban J connectivity index is 2.55. The molecular formula is C12H19ClN4O2. The van der Waals surface area contributed by atoms with Crippen molar-refractivity contribution in [1.29, 1.82) is 0 Å². The van der Waals surface area contributed by atoms with Crippen LogP contribution in [-0.4, -0.2) is 35.6 Å². The molecule has 1 aromatic heterocycles. The van der Waals surface area contributed by atoms with E-state index in [1.165, 1.54) is 6.33 Å². The Morgan fingerprint density at radius 2 is 2.26 bits per heavy atom. The second kappa shape index (κ2) is 7.78. The van der Waals surface area contributed by atoms with E-state index in [0.717, 1.165) is 0 Å². The fraction of sp³-hybridized carbons (Fsp3) is 0.583. The molecule has 0 aliphatic carbocycles. The molecule has 1 atom stereocenters. The van der Waals surface area contributed by atoms with Crippen LogP contribution < -0.4 is 10.6 Å². The zero-order valence-corrected chi connectivity index (χ0v) is 12.1. The van der Waals surface area contributed by atoms with E-state index in [1.807, 2.05) is 6.92 Å². The smallest absolute Gasteiger partial charge is 0.305 e. The van der Waals surface area contributed by atoms with E-state index in [1.54, 1.807) is 14.0 Å². The van der Waals surface area contributed by atoms with Gasteiger partial charge in [0.1, 0.15) is 12.0 Å². The lowest BCUT2D eigenvalue weighted by molar-refractivity contribution is -0.143. The van der Waals surface area contributed by atoms with Crippen molar-refractivity contribution in [3.8, 4) is 0 Å². The van der Waals surface area contributed by atoms with Crippen LogP contribution in [0.2, 0.25) is 5.15 Å². The van der Waals surface area contributed by atoms with Gasteiger partial charge in [-0.15, -0.1) is 0 Å². The van der Waals surface area contributed by atoms with Gasteiger partial charge in [0.25, 0.3) is 0 Å². The minimum absolute atomic E-state index is 0.0717. The number of esters is 1. The number of aromatic nitrogens is 2. The first-order valence-corrected chi connectivity index (χ1v) is 6.56. The first kappa shape index (κ1) is 15.5. The first-order chi connectivity index (χ1) is 9.08. The summed E-state index contributed by atoms with van der Waals surface area (Å²) in [5, 5.41) is 6.50. The van der Waals surface area contributed by atoms with Crippen molar-refractivity contribution in [3.05, 3.63) is 11.5 Å². The third-order valence-corrected chi connectivity index (χ3v) is 2.81. The highest BCUT2D eigenvalue weighted by atomic mass is 35.5. The Kier molecular flexibility index (Phi) is 6.35. The number of hydrogen-bond donors (Lipinski definition) is 2. The van der Waals surface area contributed by atoms with Crippen molar-refractivity contribution in [2.45, 2.75) is 32.7 Å². The molecule has 1 heterocycles. The summed E-state index contributed by atoms with van der Waals surface area (Å²) in [6, 6.07) is 0.0717. The zero-order valence-electron chi connectivity index (χ0n) is 11.4. The van der Waals surface area contributed by atoms with Crippen LogP contribution in [0.3, 0.4) is 0 Å². The summed E-state index contributed by atoms with van der Waals surface area (Å²) in [5.74, 6) is 0.435. The Hall–Kier alpha value is -1.56. The van der Waals surface area contributed by atoms with E-state index in [2.05, 4.69) is 20.6 Å². The van der Waals surface area contributed by atoms with Gasteiger partial charge in [-0.2, -0.15) is 0 Å². The minimum atomic E-state index is -0.189. The van der Waals surface area contributed by atoms with Crippen LogP contribution in [0, 0.1) is 0 Å². The molecule has 106 valence electrons. The van der Waals surface area contributed by atoms with E-state index in [-0.39, 0.29) is 12.0 Å². The van der Waals surface area contributed by atoms with E-state index >= 15 is 0 Å². The van der Waals surface area contributed by atoms with Gasteiger partial charge in [0.05, 0.1) is 6.61 Å². The molecule has 1 rings (SSSR count). The van der Waals surface area contributed by atoms with E-state index in [0.29, 0.717) is 36.1 Å². The minimum Gasteiger partial charge on any atom is -0.466 e. The molecule has 0 aliphatic rings. The van der Waals surface area contributed by atoms with E-state index in [4.69, 9.17) is 16.3 Å². The molecule has 0 amide bonds. The largest absolute Gasteiger partial charge is 0.466 e. The number of ether oxygens (including phenoxy) is 1. The fourth-order valence-electron chi connectivity index (χ4n) is 1.57. The maximum atomic E-state index is 11.3. The monoisotopic (exact) mass is 286 g/mol. The maximum absolute atomic E-state index is 11.3. The Bertz CT molecular complexity index is 428. The topological polar surface area (TPSA) is 76.1 Å². The van der Waals surface area contributed by atoms with E-state index < -0.39 is 0 Å². The number of nitrogens with one attached hydrogen (secondary N) is 2. The van der Waals surface area contributed by atoms with Crippen LogP contribution >= 0.6 is 11.6 Å². The summed E-state index contributed by atoms with van der Waals surface area (Å²) >= 11 is 5.95. The van der Waals surface area contributed by atoms with Crippen molar-refractivity contribution in [2.24, 2.45) is 0 Å². The molecular weight excluding hydrogens is 268 g/mol. The SMILES string of the molecule is CCOC(=O)CCC(C)Nc1ncnc(Cl)c1NC. The quantitative estimate of drug-likeness (QED) is 0.592. The fourth-order valence-corrected chi connectivity index (χ4v) is 1.80. The Labute approximate surface area is 117 Å². The van der Waals surface area contributed by atoms with Gasteiger partial charge < -0.3 is 15.4 Å². The van der Waals surface area contributed by atoms with Crippen molar-refractivity contribution in [2.75, 3.05) is 24.3 Å². The number of carbonyl (C=O) groups excluding carboxylic acids is 1. The molecule has 0 radical (unpaired) electrons. The molecule has 1 aromatic rings. The highest BCUT2D eigenvalue weighted by molar-refractivity contribution is 6.32. The standard InChI is InChI=1S/C12H19ClN4O2/c1-4-19-9(18)6-5-8(2)17-12-10(14-3)11(13)15-7-16-12/h7-8,14H,4-6H2,1-3H3,(H,15,16,17). The van der Waals surface area contributed by atoms with Gasteiger partial charge in [0, 0.05) is 19.5 Å². The molecule has 0 bridgehead atoms. The van der Waals surface area contributed by atoms with Gasteiger partial charge in [-0.3, -0.25) is 4.79 Å². The molecule has 6 nitrogen and oxygen atoms in total. The molecule has 0 spiro atoms. The van der Waals surface area contributed by atoms with Gasteiger partial charge in [0.2, 0.25) is 0 Å². The average Bonchev–Trinajstić information content (AvgIpc) is 2.37. The van der Waals surface area contributed by atoms with Gasteiger partial charge in [0.15, 0.2) is 11.0 Å². The third kappa shape index (κ3) is 4.90. The second-order valence-corrected chi connectivity index (χ2v) is 4.39. The lowest BCUT2D eigenvalue weighted by Gasteiger charge is -2.16. The third-order valence-electron chi connectivity index (χ3n) is 2.52. The molecule has 0 saturated carbocycles. The summed E-state index contributed by atoms with van der Waals surface area (Å²) in [6.45, 7) is 4.17. The van der Waals surface area contributed by atoms with Crippen molar-refractivity contribution < 1.29 is 9.53 Å². The lowest BCUT2D eigenvalue weighted by atomic mass is 10.2. The zero-order chi connectivity index (χ0) is 14.3. The molecule has 0 aromatic carbocycles. The Morgan fingerprint density at radius 1 is 1.53 bits per heavy atom. The average molecular weight is 287 g/mol. The van der Waals surface area contributed by atoms with Crippen molar-refractivity contribution >= 4 is 29.1 Å². The number of halogens is 1. The van der Waals surface area contributed by atoms with Crippen LogP contribution in [0.1, 0.15) is 26.7 Å². The molecule has 2 N–H and O–H groups in total. The van der Waals surface area contributed by atoms with Gasteiger partial charge >= 0.3 is 5.97 Å². The molecule has 0 aliphatic heterocycles. The molecule has 1 unspecified atom stereocenters. The first-order valence-electron chi connectivity index (χ1n) is 6.18. The maximum Gasteiger partial charge on any atom is 0.305 e. The molecule has 0 saturated heterocycles. The highest BCUT2D eigenvalue weighted by Gasteiger charge is 2.12. The predicted molar refractivity (Wildman–Crippen MR) is 75.5 cm³/mol. The van der Waals surface area contributed by atoms with E-state index in [9.17, 15) is 4.79 Å². The highest BCUT2D eigenvalue weighted by Crippen LogP contribution is 2.26. The lowest BCUT2D eigenvalue weighted by Crippen LogP contribution is -2.19. The van der Waals surface area contributed by atoms with Gasteiger partial charge in [-0.1, -0.05) is 11.6 Å². The number of anilines is 2. The second-order valence-electron chi connectivity index (χ2n) is 4.03. The summed E-state index contributed by atoms with van der Waals surface area (Å²) in [4.78, 5) is 19.3. The number of nitrogens with zero attached hydrogens (tertiary/aromatic N) is 2. The molecule has 7 heteroatoms. The summed E-state index contributed by atoms with van der Waals surface area (Å²) in [6.07, 6.45) is 2.42. The van der Waals surface area contributed by atoms with Crippen LogP contribution in [0.25, 0.3) is 0 Å².